The Kier molecular flexibility index (Phi) is 3.59. The Labute approximate surface area is 104 Å². The lowest BCUT2D eigenvalue weighted by Crippen LogP contribution is -2.33. The van der Waals surface area contributed by atoms with E-state index in [0.717, 1.165) is 16.9 Å². The van der Waals surface area contributed by atoms with Crippen molar-refractivity contribution < 1.29 is 14.6 Å². The minimum atomic E-state index is -0.793. The van der Waals surface area contributed by atoms with Gasteiger partial charge in [0.2, 0.25) is 0 Å². The van der Waals surface area contributed by atoms with Gasteiger partial charge in [-0.05, 0) is 24.1 Å². The van der Waals surface area contributed by atoms with E-state index in [1.807, 2.05) is 25.1 Å². The summed E-state index contributed by atoms with van der Waals surface area (Å²) in [5, 5.41) is 12.0. The summed E-state index contributed by atoms with van der Waals surface area (Å²) in [6.45, 7) is 1.98. The van der Waals surface area contributed by atoms with Crippen LogP contribution in [0, 0.1) is 6.92 Å². The number of hydrogen-bond acceptors (Lipinski definition) is 4. The lowest BCUT2D eigenvalue weighted by molar-refractivity contribution is -0.138. The van der Waals surface area contributed by atoms with Crippen molar-refractivity contribution in [3.63, 3.8) is 0 Å². The lowest BCUT2D eigenvalue weighted by Gasteiger charge is -2.13. The zero-order valence-electron chi connectivity index (χ0n) is 9.77. The van der Waals surface area contributed by atoms with Crippen molar-refractivity contribution in [3.05, 3.63) is 29.3 Å². The summed E-state index contributed by atoms with van der Waals surface area (Å²) >= 11 is 1.61. The molecule has 4 nitrogen and oxygen atoms in total. The van der Waals surface area contributed by atoms with E-state index in [-0.39, 0.29) is 5.37 Å². The van der Waals surface area contributed by atoms with Gasteiger partial charge in [-0.15, -0.1) is 11.8 Å². The van der Waals surface area contributed by atoms with Gasteiger partial charge in [0.05, 0.1) is 12.5 Å². The van der Waals surface area contributed by atoms with Gasteiger partial charge in [-0.25, -0.2) is 0 Å². The average molecular weight is 253 g/mol. The standard InChI is InChI=1S/C12H15NO3S/c1-7-3-4-8(5-10(7)16-2)11-13-9(6-17-11)12(14)15/h3-5,9,11,13H,6H2,1-2H3,(H,14,15)/t9-,11+/m0/s1. The Morgan fingerprint density at radius 2 is 2.35 bits per heavy atom. The van der Waals surface area contributed by atoms with Crippen molar-refractivity contribution in [3.8, 4) is 5.75 Å². The van der Waals surface area contributed by atoms with E-state index in [9.17, 15) is 4.79 Å². The maximum absolute atomic E-state index is 10.9. The Balaban J connectivity index is 2.16. The highest BCUT2D eigenvalue weighted by Gasteiger charge is 2.30. The summed E-state index contributed by atoms with van der Waals surface area (Å²) in [5.74, 6) is 0.638. The molecule has 1 fully saturated rings. The molecule has 1 aliphatic heterocycles. The van der Waals surface area contributed by atoms with Gasteiger partial charge in [0, 0.05) is 5.75 Å². The number of carbonyl (C=O) groups is 1. The van der Waals surface area contributed by atoms with Crippen molar-refractivity contribution in [1.82, 2.24) is 5.32 Å². The molecule has 17 heavy (non-hydrogen) atoms. The molecule has 2 N–H and O–H groups in total. The predicted molar refractivity (Wildman–Crippen MR) is 67.5 cm³/mol. The van der Waals surface area contributed by atoms with E-state index in [1.54, 1.807) is 18.9 Å². The van der Waals surface area contributed by atoms with Crippen LogP contribution in [0.4, 0.5) is 0 Å². The van der Waals surface area contributed by atoms with Gasteiger partial charge in [0.1, 0.15) is 11.8 Å². The molecule has 0 bridgehead atoms. The van der Waals surface area contributed by atoms with Gasteiger partial charge in [-0.2, -0.15) is 0 Å². The minimum Gasteiger partial charge on any atom is -0.496 e. The van der Waals surface area contributed by atoms with Crippen molar-refractivity contribution in [2.45, 2.75) is 18.3 Å². The third-order valence-electron chi connectivity index (χ3n) is 2.82. The molecule has 0 spiro atoms. The first-order valence-corrected chi connectivity index (χ1v) is 6.41. The van der Waals surface area contributed by atoms with E-state index in [2.05, 4.69) is 5.32 Å². The Bertz CT molecular complexity index is 436. The molecule has 1 aromatic carbocycles. The first-order chi connectivity index (χ1) is 8.11. The monoisotopic (exact) mass is 253 g/mol. The molecule has 1 aromatic rings. The summed E-state index contributed by atoms with van der Waals surface area (Å²) in [5.41, 5.74) is 2.13. The molecule has 0 aliphatic carbocycles. The number of nitrogens with one attached hydrogen (secondary N) is 1. The van der Waals surface area contributed by atoms with Gasteiger partial charge >= 0.3 is 5.97 Å². The number of aryl methyl sites for hydroxylation is 1. The van der Waals surface area contributed by atoms with Crippen LogP contribution in [0.5, 0.6) is 5.75 Å². The van der Waals surface area contributed by atoms with Gasteiger partial charge in [0.15, 0.2) is 0 Å². The van der Waals surface area contributed by atoms with Crippen molar-refractivity contribution in [2.24, 2.45) is 0 Å². The van der Waals surface area contributed by atoms with Gasteiger partial charge in [-0.3, -0.25) is 10.1 Å². The average Bonchev–Trinajstić information content (AvgIpc) is 2.79. The Morgan fingerprint density at radius 1 is 1.59 bits per heavy atom. The van der Waals surface area contributed by atoms with Crippen molar-refractivity contribution >= 4 is 17.7 Å². The number of ether oxygens (including phenoxy) is 1. The van der Waals surface area contributed by atoms with E-state index >= 15 is 0 Å². The Hall–Kier alpha value is -1.20. The Morgan fingerprint density at radius 3 is 2.94 bits per heavy atom. The van der Waals surface area contributed by atoms with Crippen LogP contribution in [0.2, 0.25) is 0 Å². The van der Waals surface area contributed by atoms with Crippen molar-refractivity contribution in [2.75, 3.05) is 12.9 Å². The maximum atomic E-state index is 10.9. The fraction of sp³-hybridized carbons (Fsp3) is 0.417. The van der Waals surface area contributed by atoms with Crippen LogP contribution in [0.15, 0.2) is 18.2 Å². The van der Waals surface area contributed by atoms with E-state index in [4.69, 9.17) is 9.84 Å². The molecule has 1 heterocycles. The second kappa shape index (κ2) is 4.98. The zero-order valence-corrected chi connectivity index (χ0v) is 10.6. The second-order valence-corrected chi connectivity index (χ2v) is 5.14. The first kappa shape index (κ1) is 12.3. The third kappa shape index (κ3) is 2.56. The third-order valence-corrected chi connectivity index (χ3v) is 4.08. The molecule has 5 heteroatoms. The molecule has 1 saturated heterocycles. The summed E-state index contributed by atoms with van der Waals surface area (Å²) < 4.78 is 5.27. The summed E-state index contributed by atoms with van der Waals surface area (Å²) in [7, 11) is 1.64. The van der Waals surface area contributed by atoms with Crippen LogP contribution in [0.3, 0.4) is 0 Å². The smallest absolute Gasteiger partial charge is 0.321 e. The van der Waals surface area contributed by atoms with Gasteiger partial charge in [0.25, 0.3) is 0 Å². The molecular weight excluding hydrogens is 238 g/mol. The second-order valence-electron chi connectivity index (χ2n) is 4.00. The van der Waals surface area contributed by atoms with Crippen molar-refractivity contribution in [1.29, 1.82) is 0 Å². The number of aliphatic carboxylic acids is 1. The van der Waals surface area contributed by atoms with Crippen LogP contribution < -0.4 is 10.1 Å². The number of rotatable bonds is 3. The van der Waals surface area contributed by atoms with Crippen LogP contribution in [0.25, 0.3) is 0 Å². The molecule has 2 rings (SSSR count). The quantitative estimate of drug-likeness (QED) is 0.860. The fourth-order valence-electron chi connectivity index (χ4n) is 1.81. The molecular formula is C12H15NO3S. The number of carboxylic acid groups (broad SMARTS) is 1. The SMILES string of the molecule is COc1cc([C@@H]2N[C@H](C(=O)O)CS2)ccc1C. The number of benzene rings is 1. The normalized spacial score (nSPS) is 23.6. The molecule has 0 radical (unpaired) electrons. The fourth-order valence-corrected chi connectivity index (χ4v) is 3.03. The molecule has 0 amide bonds. The van der Waals surface area contributed by atoms with Crippen LogP contribution in [0.1, 0.15) is 16.5 Å². The highest BCUT2D eigenvalue weighted by molar-refractivity contribution is 7.99. The van der Waals surface area contributed by atoms with Crippen LogP contribution in [-0.2, 0) is 4.79 Å². The van der Waals surface area contributed by atoms with Crippen LogP contribution in [-0.4, -0.2) is 30.0 Å². The summed E-state index contributed by atoms with van der Waals surface area (Å²) in [6.07, 6.45) is 0. The van der Waals surface area contributed by atoms with E-state index in [0.29, 0.717) is 5.75 Å². The minimum absolute atomic E-state index is 0.0330. The highest BCUT2D eigenvalue weighted by Crippen LogP contribution is 2.35. The predicted octanol–water partition coefficient (Wildman–Crippen LogP) is 1.79. The molecule has 0 unspecified atom stereocenters. The van der Waals surface area contributed by atoms with E-state index in [1.165, 1.54) is 0 Å². The zero-order chi connectivity index (χ0) is 12.4. The highest BCUT2D eigenvalue weighted by atomic mass is 32.2. The molecule has 1 aliphatic rings. The molecule has 0 aromatic heterocycles. The largest absolute Gasteiger partial charge is 0.496 e. The first-order valence-electron chi connectivity index (χ1n) is 5.37. The van der Waals surface area contributed by atoms with E-state index < -0.39 is 12.0 Å². The molecule has 0 saturated carbocycles. The summed E-state index contributed by atoms with van der Waals surface area (Å²) in [4.78, 5) is 10.9. The number of thioether (sulfide) groups is 1. The number of hydrogen-bond donors (Lipinski definition) is 2. The van der Waals surface area contributed by atoms with Crippen LogP contribution >= 0.6 is 11.8 Å². The van der Waals surface area contributed by atoms with Gasteiger partial charge in [-0.1, -0.05) is 12.1 Å². The molecule has 92 valence electrons. The lowest BCUT2D eigenvalue weighted by atomic mass is 10.1. The topological polar surface area (TPSA) is 58.6 Å². The number of carboxylic acids is 1. The number of methoxy groups -OCH3 is 1. The maximum Gasteiger partial charge on any atom is 0.321 e. The molecule has 2 atom stereocenters. The van der Waals surface area contributed by atoms with Gasteiger partial charge < -0.3 is 9.84 Å². The summed E-state index contributed by atoms with van der Waals surface area (Å²) in [6, 6.07) is 5.50.